The Hall–Kier alpha value is -0.0400. The molecule has 4 fully saturated rings. The van der Waals surface area contributed by atoms with Crippen LogP contribution in [0.2, 0.25) is 0 Å². The van der Waals surface area contributed by atoms with Crippen LogP contribution in [0.5, 0.6) is 0 Å². The first-order chi connectivity index (χ1) is 5.22. The van der Waals surface area contributed by atoms with Crippen LogP contribution in [0.3, 0.4) is 0 Å². The fourth-order valence-electron chi connectivity index (χ4n) is 5.11. The lowest BCUT2D eigenvalue weighted by atomic mass is 9.76. The highest BCUT2D eigenvalue weighted by atomic mass is 16.3. The molecule has 0 aromatic heterocycles. The van der Waals surface area contributed by atoms with Crippen LogP contribution in [0.15, 0.2) is 0 Å². The summed E-state index contributed by atoms with van der Waals surface area (Å²) < 4.78 is 0. The molecule has 60 valence electrons. The number of aliphatic hydroxyl groups excluding tert-OH is 1. The van der Waals surface area contributed by atoms with Crippen LogP contribution in [0, 0.1) is 35.0 Å². The maximum atomic E-state index is 9.84. The van der Waals surface area contributed by atoms with E-state index in [1.807, 2.05) is 0 Å². The van der Waals surface area contributed by atoms with Crippen LogP contribution in [0.4, 0.5) is 0 Å². The van der Waals surface area contributed by atoms with Crippen molar-refractivity contribution in [2.45, 2.75) is 25.9 Å². The van der Waals surface area contributed by atoms with E-state index in [0.29, 0.717) is 5.41 Å². The molecule has 0 heterocycles. The van der Waals surface area contributed by atoms with Gasteiger partial charge in [-0.15, -0.1) is 0 Å². The second kappa shape index (κ2) is 1.19. The summed E-state index contributed by atoms with van der Waals surface area (Å²) in [6.45, 7) is 2.45. The quantitative estimate of drug-likeness (QED) is 0.551. The van der Waals surface area contributed by atoms with E-state index in [4.69, 9.17) is 0 Å². The van der Waals surface area contributed by atoms with Crippen LogP contribution in [-0.4, -0.2) is 11.2 Å². The minimum Gasteiger partial charge on any atom is -0.393 e. The Labute approximate surface area is 66.8 Å². The minimum absolute atomic E-state index is 0.108. The smallest absolute Gasteiger partial charge is 0.0602 e. The molecule has 0 aliphatic heterocycles. The summed E-state index contributed by atoms with van der Waals surface area (Å²) in [6.07, 6.45) is 2.80. The van der Waals surface area contributed by atoms with Crippen LogP contribution >= 0.6 is 0 Å². The zero-order valence-electron chi connectivity index (χ0n) is 6.83. The molecule has 1 heteroatoms. The van der Waals surface area contributed by atoms with Crippen molar-refractivity contribution >= 4 is 0 Å². The molecule has 0 spiro atoms. The number of aliphatic hydroxyl groups is 1. The summed E-state index contributed by atoms with van der Waals surface area (Å²) in [5, 5.41) is 9.84. The van der Waals surface area contributed by atoms with Gasteiger partial charge in [0.15, 0.2) is 0 Å². The Kier molecular flexibility index (Phi) is 0.602. The Morgan fingerprint density at radius 3 is 2.09 bits per heavy atom. The van der Waals surface area contributed by atoms with E-state index in [1.54, 1.807) is 0 Å². The predicted molar refractivity (Wildman–Crippen MR) is 40.8 cm³/mol. The maximum absolute atomic E-state index is 9.84. The lowest BCUT2D eigenvalue weighted by Gasteiger charge is -2.31. The zero-order valence-corrected chi connectivity index (χ0v) is 6.83. The summed E-state index contributed by atoms with van der Waals surface area (Å²) in [7, 11) is 0. The van der Waals surface area contributed by atoms with Gasteiger partial charge in [-0.2, -0.15) is 0 Å². The largest absolute Gasteiger partial charge is 0.393 e. The van der Waals surface area contributed by atoms with Gasteiger partial charge in [-0.25, -0.2) is 0 Å². The van der Waals surface area contributed by atoms with Gasteiger partial charge in [0.05, 0.1) is 6.10 Å². The average molecular weight is 150 g/mol. The normalized spacial score (nSPS) is 81.3. The van der Waals surface area contributed by atoms with Crippen molar-refractivity contribution in [3.8, 4) is 0 Å². The van der Waals surface area contributed by atoms with Crippen molar-refractivity contribution in [2.24, 2.45) is 35.0 Å². The Bertz CT molecular complexity index is 227. The fraction of sp³-hybridized carbons (Fsp3) is 1.00. The van der Waals surface area contributed by atoms with Gasteiger partial charge in [-0.1, -0.05) is 6.92 Å². The fourth-order valence-corrected chi connectivity index (χ4v) is 5.11. The molecule has 4 unspecified atom stereocenters. The summed E-state index contributed by atoms with van der Waals surface area (Å²) in [5.41, 5.74) is 0.684. The van der Waals surface area contributed by atoms with Gasteiger partial charge < -0.3 is 5.11 Å². The second-order valence-corrected chi connectivity index (χ2v) is 5.56. The molecule has 0 saturated heterocycles. The molecule has 0 amide bonds. The average Bonchev–Trinajstić information content (AvgIpc) is 2.51. The summed E-state index contributed by atoms with van der Waals surface area (Å²) in [5.74, 6) is 4.48. The molecular formula is C10H14O. The van der Waals surface area contributed by atoms with Crippen LogP contribution in [0.1, 0.15) is 19.8 Å². The van der Waals surface area contributed by atoms with E-state index in [-0.39, 0.29) is 6.10 Å². The molecular weight excluding hydrogens is 136 g/mol. The zero-order chi connectivity index (χ0) is 7.38. The van der Waals surface area contributed by atoms with E-state index >= 15 is 0 Å². The molecule has 0 aromatic carbocycles. The van der Waals surface area contributed by atoms with Crippen LogP contribution in [-0.2, 0) is 0 Å². The van der Waals surface area contributed by atoms with E-state index < -0.39 is 0 Å². The lowest BCUT2D eigenvalue weighted by molar-refractivity contribution is 0.0394. The van der Waals surface area contributed by atoms with Crippen molar-refractivity contribution in [2.75, 3.05) is 0 Å². The maximum Gasteiger partial charge on any atom is 0.0602 e. The highest BCUT2D eigenvalue weighted by Gasteiger charge is 2.81. The highest BCUT2D eigenvalue weighted by molar-refractivity contribution is 5.28. The van der Waals surface area contributed by atoms with E-state index in [1.165, 1.54) is 12.8 Å². The Morgan fingerprint density at radius 1 is 1.18 bits per heavy atom. The van der Waals surface area contributed by atoms with Gasteiger partial charge in [-0.05, 0) is 47.8 Å². The van der Waals surface area contributed by atoms with E-state index in [9.17, 15) is 5.11 Å². The van der Waals surface area contributed by atoms with Crippen LogP contribution < -0.4 is 0 Å². The molecule has 4 atom stereocenters. The first kappa shape index (κ1) is 5.58. The standard InChI is InChI=1S/C10H14O/c1-10-2-4-6-7(8(6)10)5(3-10)9(4)11/h4-9,11H,2-3H2,1H3. The molecule has 4 rings (SSSR count). The first-order valence-electron chi connectivity index (χ1n) is 4.90. The van der Waals surface area contributed by atoms with Crippen molar-refractivity contribution < 1.29 is 5.11 Å². The third-order valence-electron chi connectivity index (χ3n) is 5.21. The summed E-state index contributed by atoms with van der Waals surface area (Å²) >= 11 is 0. The van der Waals surface area contributed by atoms with Crippen molar-refractivity contribution in [3.63, 3.8) is 0 Å². The molecule has 0 bridgehead atoms. The second-order valence-electron chi connectivity index (χ2n) is 5.56. The van der Waals surface area contributed by atoms with Gasteiger partial charge in [-0.3, -0.25) is 0 Å². The lowest BCUT2D eigenvalue weighted by Crippen LogP contribution is -2.30. The monoisotopic (exact) mass is 150 g/mol. The topological polar surface area (TPSA) is 20.2 Å². The first-order valence-corrected chi connectivity index (χ1v) is 4.90. The molecule has 1 N–H and O–H groups in total. The van der Waals surface area contributed by atoms with Gasteiger partial charge >= 0.3 is 0 Å². The summed E-state index contributed by atoms with van der Waals surface area (Å²) in [6, 6.07) is 0. The van der Waals surface area contributed by atoms with E-state index in [2.05, 4.69) is 6.92 Å². The SMILES string of the molecule is CC12CC3C(O)C(C1)C1C3C12. The van der Waals surface area contributed by atoms with E-state index in [0.717, 1.165) is 29.6 Å². The molecule has 4 saturated carbocycles. The number of hydrogen-bond donors (Lipinski definition) is 1. The Morgan fingerprint density at radius 2 is 1.73 bits per heavy atom. The molecule has 0 radical (unpaired) electrons. The van der Waals surface area contributed by atoms with Crippen molar-refractivity contribution in [1.29, 1.82) is 0 Å². The number of rotatable bonds is 0. The minimum atomic E-state index is 0.108. The summed E-state index contributed by atoms with van der Waals surface area (Å²) in [4.78, 5) is 0. The third kappa shape index (κ3) is 0.358. The molecule has 4 aliphatic rings. The van der Waals surface area contributed by atoms with Crippen molar-refractivity contribution in [1.82, 2.24) is 0 Å². The predicted octanol–water partition coefficient (Wildman–Crippen LogP) is 1.27. The van der Waals surface area contributed by atoms with Crippen molar-refractivity contribution in [3.05, 3.63) is 0 Å². The third-order valence-corrected chi connectivity index (χ3v) is 5.21. The van der Waals surface area contributed by atoms with Crippen LogP contribution in [0.25, 0.3) is 0 Å². The van der Waals surface area contributed by atoms with Gasteiger partial charge in [0, 0.05) is 0 Å². The molecule has 4 aliphatic carbocycles. The highest BCUT2D eigenvalue weighted by Crippen LogP contribution is 2.84. The Balaban J connectivity index is 1.92. The van der Waals surface area contributed by atoms with Gasteiger partial charge in [0.25, 0.3) is 0 Å². The number of hydrogen-bond acceptors (Lipinski definition) is 1. The molecule has 11 heavy (non-hydrogen) atoms. The van der Waals surface area contributed by atoms with Gasteiger partial charge in [0.2, 0.25) is 0 Å². The molecule has 1 nitrogen and oxygen atoms in total. The van der Waals surface area contributed by atoms with Gasteiger partial charge in [0.1, 0.15) is 0 Å². The molecule has 0 aromatic rings.